The fourth-order valence-corrected chi connectivity index (χ4v) is 2.39. The van der Waals surface area contributed by atoms with Gasteiger partial charge in [-0.05, 0) is 26.0 Å². The Morgan fingerprint density at radius 2 is 2.00 bits per heavy atom. The van der Waals surface area contributed by atoms with E-state index in [1.165, 1.54) is 18.2 Å². The van der Waals surface area contributed by atoms with Crippen molar-refractivity contribution in [3.63, 3.8) is 0 Å². The molecule has 0 aliphatic heterocycles. The SMILES string of the molecule is CCOC(=O)Nc1ccc2c(COC(=O)c3cc(C)no3)cc(=O)oc2c1. The maximum Gasteiger partial charge on any atom is 0.411 e. The second-order valence-electron chi connectivity index (χ2n) is 5.56. The molecular weight excluding hydrogens is 356 g/mol. The van der Waals surface area contributed by atoms with E-state index < -0.39 is 17.7 Å². The molecule has 2 heterocycles. The molecule has 9 nitrogen and oxygen atoms in total. The van der Waals surface area contributed by atoms with Crippen molar-refractivity contribution in [2.75, 3.05) is 11.9 Å². The van der Waals surface area contributed by atoms with Crippen LogP contribution in [0.3, 0.4) is 0 Å². The fourth-order valence-electron chi connectivity index (χ4n) is 2.39. The Bertz CT molecular complexity index is 1050. The molecule has 140 valence electrons. The summed E-state index contributed by atoms with van der Waals surface area (Å²) in [5.41, 5.74) is 1.02. The van der Waals surface area contributed by atoms with Gasteiger partial charge in [0, 0.05) is 34.8 Å². The van der Waals surface area contributed by atoms with E-state index in [0.29, 0.717) is 22.3 Å². The number of aromatic nitrogens is 1. The van der Waals surface area contributed by atoms with Gasteiger partial charge >= 0.3 is 17.7 Å². The number of nitrogens with one attached hydrogen (secondary N) is 1. The minimum absolute atomic E-state index is 0.0271. The molecule has 0 saturated heterocycles. The van der Waals surface area contributed by atoms with Gasteiger partial charge in [-0.15, -0.1) is 0 Å². The average Bonchev–Trinajstić information content (AvgIpc) is 3.05. The van der Waals surface area contributed by atoms with Gasteiger partial charge in [0.15, 0.2) is 0 Å². The van der Waals surface area contributed by atoms with E-state index in [-0.39, 0.29) is 24.6 Å². The summed E-state index contributed by atoms with van der Waals surface area (Å²) in [5, 5.41) is 6.70. The Morgan fingerprint density at radius 1 is 1.19 bits per heavy atom. The van der Waals surface area contributed by atoms with Crippen LogP contribution in [-0.4, -0.2) is 23.8 Å². The van der Waals surface area contributed by atoms with Gasteiger partial charge in [-0.3, -0.25) is 5.32 Å². The molecule has 27 heavy (non-hydrogen) atoms. The number of hydrogen-bond donors (Lipinski definition) is 1. The third kappa shape index (κ3) is 4.32. The Kier molecular flexibility index (Phi) is 5.20. The first kappa shape index (κ1) is 18.2. The van der Waals surface area contributed by atoms with Crippen LogP contribution in [0.15, 0.2) is 44.1 Å². The molecule has 1 amide bonds. The number of carbonyl (C=O) groups excluding carboxylic acids is 2. The van der Waals surface area contributed by atoms with E-state index in [2.05, 4.69) is 10.5 Å². The Hall–Kier alpha value is -3.62. The van der Waals surface area contributed by atoms with E-state index in [4.69, 9.17) is 18.4 Å². The smallest absolute Gasteiger partial charge is 0.411 e. The zero-order valence-electron chi connectivity index (χ0n) is 14.6. The number of benzene rings is 1. The summed E-state index contributed by atoms with van der Waals surface area (Å²) < 4.78 is 20.0. The van der Waals surface area contributed by atoms with E-state index in [1.54, 1.807) is 26.0 Å². The quantitative estimate of drug-likeness (QED) is 0.536. The molecule has 3 rings (SSSR count). The second-order valence-corrected chi connectivity index (χ2v) is 5.56. The number of anilines is 1. The van der Waals surface area contributed by atoms with Gasteiger partial charge < -0.3 is 18.4 Å². The molecule has 0 bridgehead atoms. The molecule has 0 fully saturated rings. The van der Waals surface area contributed by atoms with Gasteiger partial charge in [0.1, 0.15) is 12.2 Å². The normalized spacial score (nSPS) is 10.6. The number of carbonyl (C=O) groups is 2. The number of aryl methyl sites for hydroxylation is 1. The van der Waals surface area contributed by atoms with Gasteiger partial charge in [-0.2, -0.15) is 0 Å². The zero-order chi connectivity index (χ0) is 19.4. The number of ether oxygens (including phenoxy) is 2. The van der Waals surface area contributed by atoms with Gasteiger partial charge in [0.2, 0.25) is 5.76 Å². The molecule has 0 unspecified atom stereocenters. The predicted octanol–water partition coefficient (Wildman–Crippen LogP) is 3.01. The van der Waals surface area contributed by atoms with Crippen LogP contribution in [0.25, 0.3) is 11.0 Å². The molecule has 0 aliphatic rings. The molecule has 3 aromatic rings. The van der Waals surface area contributed by atoms with Crippen molar-refractivity contribution in [1.29, 1.82) is 0 Å². The number of amides is 1. The monoisotopic (exact) mass is 372 g/mol. The van der Waals surface area contributed by atoms with Crippen molar-refractivity contribution in [3.05, 3.63) is 57.8 Å². The number of nitrogens with zero attached hydrogens (tertiary/aromatic N) is 1. The number of hydrogen-bond acceptors (Lipinski definition) is 8. The number of fused-ring (bicyclic) bond motifs is 1. The summed E-state index contributed by atoms with van der Waals surface area (Å²) in [6.45, 7) is 3.44. The summed E-state index contributed by atoms with van der Waals surface area (Å²) in [6, 6.07) is 7.43. The van der Waals surface area contributed by atoms with Crippen LogP contribution in [-0.2, 0) is 16.1 Å². The van der Waals surface area contributed by atoms with E-state index >= 15 is 0 Å². The van der Waals surface area contributed by atoms with Crippen molar-refractivity contribution in [2.24, 2.45) is 0 Å². The molecule has 9 heteroatoms. The largest absolute Gasteiger partial charge is 0.455 e. The minimum atomic E-state index is -0.697. The lowest BCUT2D eigenvalue weighted by Gasteiger charge is -2.08. The van der Waals surface area contributed by atoms with Crippen LogP contribution >= 0.6 is 0 Å². The van der Waals surface area contributed by atoms with Crippen molar-refractivity contribution >= 4 is 28.7 Å². The summed E-state index contributed by atoms with van der Waals surface area (Å²) in [6.07, 6.45) is -0.619. The highest BCUT2D eigenvalue weighted by Crippen LogP contribution is 2.22. The average molecular weight is 372 g/mol. The van der Waals surface area contributed by atoms with Crippen molar-refractivity contribution in [1.82, 2.24) is 5.16 Å². The molecule has 0 atom stereocenters. The van der Waals surface area contributed by atoms with Crippen LogP contribution in [0.5, 0.6) is 0 Å². The van der Waals surface area contributed by atoms with Crippen LogP contribution in [0.2, 0.25) is 0 Å². The van der Waals surface area contributed by atoms with Crippen LogP contribution in [0.1, 0.15) is 28.7 Å². The lowest BCUT2D eigenvalue weighted by Crippen LogP contribution is -2.13. The lowest BCUT2D eigenvalue weighted by molar-refractivity contribution is 0.0427. The highest BCUT2D eigenvalue weighted by Gasteiger charge is 2.15. The van der Waals surface area contributed by atoms with E-state index in [1.807, 2.05) is 0 Å². The van der Waals surface area contributed by atoms with Gasteiger partial charge in [-0.25, -0.2) is 14.4 Å². The predicted molar refractivity (Wildman–Crippen MR) is 93.5 cm³/mol. The first-order chi connectivity index (χ1) is 13.0. The summed E-state index contributed by atoms with van der Waals surface area (Å²) in [5.74, 6) is -0.724. The minimum Gasteiger partial charge on any atom is -0.455 e. The topological polar surface area (TPSA) is 121 Å². The van der Waals surface area contributed by atoms with Crippen LogP contribution < -0.4 is 10.9 Å². The Balaban J connectivity index is 1.82. The van der Waals surface area contributed by atoms with Crippen molar-refractivity contribution < 1.29 is 28.0 Å². The third-order valence-electron chi connectivity index (χ3n) is 3.54. The summed E-state index contributed by atoms with van der Waals surface area (Å²) >= 11 is 0. The number of rotatable bonds is 5. The van der Waals surface area contributed by atoms with Crippen LogP contribution in [0, 0.1) is 6.92 Å². The molecule has 1 N–H and O–H groups in total. The van der Waals surface area contributed by atoms with Gasteiger partial charge in [0.05, 0.1) is 12.3 Å². The lowest BCUT2D eigenvalue weighted by atomic mass is 10.1. The third-order valence-corrected chi connectivity index (χ3v) is 3.54. The Morgan fingerprint density at radius 3 is 2.70 bits per heavy atom. The molecule has 0 radical (unpaired) electrons. The standard InChI is InChI=1S/C18H16N2O7/c1-3-24-18(23)19-12-4-5-13-11(7-16(21)26-14(13)8-12)9-25-17(22)15-6-10(2)20-27-15/h4-8H,3,9H2,1-2H3,(H,19,23). The maximum absolute atomic E-state index is 12.0. The highest BCUT2D eigenvalue weighted by atomic mass is 16.6. The first-order valence-electron chi connectivity index (χ1n) is 8.07. The van der Waals surface area contributed by atoms with Crippen LogP contribution in [0.4, 0.5) is 10.5 Å². The molecule has 0 aliphatic carbocycles. The highest BCUT2D eigenvalue weighted by molar-refractivity contribution is 5.90. The van der Waals surface area contributed by atoms with Gasteiger partial charge in [0.25, 0.3) is 0 Å². The molecule has 0 saturated carbocycles. The fraction of sp³-hybridized carbons (Fsp3) is 0.222. The maximum atomic E-state index is 12.0. The summed E-state index contributed by atoms with van der Waals surface area (Å²) in [4.78, 5) is 35.3. The molecular formula is C18H16N2O7. The zero-order valence-corrected chi connectivity index (χ0v) is 14.6. The van der Waals surface area contributed by atoms with Crippen molar-refractivity contribution in [2.45, 2.75) is 20.5 Å². The van der Waals surface area contributed by atoms with Gasteiger partial charge in [-0.1, -0.05) is 5.16 Å². The number of esters is 1. The van der Waals surface area contributed by atoms with E-state index in [9.17, 15) is 14.4 Å². The molecule has 1 aromatic carbocycles. The second kappa shape index (κ2) is 7.73. The van der Waals surface area contributed by atoms with E-state index in [0.717, 1.165) is 0 Å². The Labute approximate surface area is 152 Å². The summed E-state index contributed by atoms with van der Waals surface area (Å²) in [7, 11) is 0. The molecule has 2 aromatic heterocycles. The first-order valence-corrected chi connectivity index (χ1v) is 8.07. The molecule has 0 spiro atoms. The van der Waals surface area contributed by atoms with Crippen molar-refractivity contribution in [3.8, 4) is 0 Å².